The summed E-state index contributed by atoms with van der Waals surface area (Å²) in [6, 6.07) is 12.6. The molecule has 0 aliphatic carbocycles. The molecule has 28 heavy (non-hydrogen) atoms. The summed E-state index contributed by atoms with van der Waals surface area (Å²) in [6.45, 7) is 2.69. The maximum atomic E-state index is 12.3. The van der Waals surface area contributed by atoms with Gasteiger partial charge in [-0.1, -0.05) is 23.7 Å². The number of nitro benzene ring substituents is 1. The van der Waals surface area contributed by atoms with Crippen LogP contribution in [0, 0.1) is 10.1 Å². The monoisotopic (exact) mass is 401 g/mol. The highest BCUT2D eigenvalue weighted by Gasteiger charge is 2.20. The molecule has 1 amide bonds. The number of carbonyl (C=O) groups excluding carboxylic acids is 1. The van der Waals surface area contributed by atoms with E-state index in [1.807, 2.05) is 0 Å². The average molecular weight is 402 g/mol. The number of anilines is 1. The van der Waals surface area contributed by atoms with Gasteiger partial charge in [-0.05, 0) is 61.9 Å². The van der Waals surface area contributed by atoms with E-state index < -0.39 is 10.8 Å². The van der Waals surface area contributed by atoms with E-state index in [-0.39, 0.29) is 11.3 Å². The molecule has 1 N–H and O–H groups in total. The Balaban J connectivity index is 1.48. The van der Waals surface area contributed by atoms with Crippen LogP contribution in [0.5, 0.6) is 0 Å². The maximum absolute atomic E-state index is 12.3. The number of halogens is 1. The van der Waals surface area contributed by atoms with Crippen molar-refractivity contribution < 1.29 is 9.72 Å². The molecule has 6 nitrogen and oxygen atoms in total. The highest BCUT2D eigenvalue weighted by atomic mass is 35.5. The number of piperidine rings is 1. The number of aryl methyl sites for hydroxylation is 1. The Morgan fingerprint density at radius 1 is 1.11 bits per heavy atom. The highest BCUT2D eigenvalue weighted by molar-refractivity contribution is 6.31. The smallest absolute Gasteiger partial charge is 0.282 e. The molecule has 0 atom stereocenters. The fourth-order valence-corrected chi connectivity index (χ4v) is 3.64. The zero-order chi connectivity index (χ0) is 19.9. The van der Waals surface area contributed by atoms with E-state index in [9.17, 15) is 14.9 Å². The first-order valence-corrected chi connectivity index (χ1v) is 9.98. The van der Waals surface area contributed by atoms with E-state index in [0.717, 1.165) is 25.9 Å². The van der Waals surface area contributed by atoms with Gasteiger partial charge in [0.1, 0.15) is 5.56 Å². The molecule has 2 aromatic carbocycles. The molecule has 0 spiro atoms. The van der Waals surface area contributed by atoms with Crippen molar-refractivity contribution in [3.8, 4) is 0 Å². The van der Waals surface area contributed by atoms with Crippen LogP contribution in [0.25, 0.3) is 0 Å². The van der Waals surface area contributed by atoms with E-state index in [0.29, 0.717) is 11.6 Å². The second kappa shape index (κ2) is 9.55. The van der Waals surface area contributed by atoms with Crippen molar-refractivity contribution in [2.75, 3.05) is 24.5 Å². The van der Waals surface area contributed by atoms with Gasteiger partial charge in [0.2, 0.25) is 0 Å². The largest absolute Gasteiger partial charge is 0.372 e. The van der Waals surface area contributed by atoms with Crippen LogP contribution in [-0.2, 0) is 6.42 Å². The summed E-state index contributed by atoms with van der Waals surface area (Å²) in [7, 11) is 0. The number of benzene rings is 2. The summed E-state index contributed by atoms with van der Waals surface area (Å²) in [6.07, 6.45) is 5.42. The van der Waals surface area contributed by atoms with Crippen LogP contribution in [-0.4, -0.2) is 30.5 Å². The van der Waals surface area contributed by atoms with Gasteiger partial charge in [-0.25, -0.2) is 0 Å². The molecule has 0 bridgehead atoms. The molecule has 0 unspecified atom stereocenters. The molecule has 1 aliphatic rings. The molecule has 7 heteroatoms. The van der Waals surface area contributed by atoms with Crippen molar-refractivity contribution in [2.24, 2.45) is 0 Å². The molecular weight excluding hydrogens is 378 g/mol. The Morgan fingerprint density at radius 3 is 2.50 bits per heavy atom. The molecule has 3 rings (SSSR count). The molecule has 1 aliphatic heterocycles. The van der Waals surface area contributed by atoms with Gasteiger partial charge in [0.05, 0.1) is 4.92 Å². The number of nitrogens with zero attached hydrogens (tertiary/aromatic N) is 2. The predicted molar refractivity (Wildman–Crippen MR) is 111 cm³/mol. The molecular formula is C21H24ClN3O3. The van der Waals surface area contributed by atoms with E-state index in [4.69, 9.17) is 11.6 Å². The third-order valence-corrected chi connectivity index (χ3v) is 5.22. The topological polar surface area (TPSA) is 75.5 Å². The Kier molecular flexibility index (Phi) is 6.87. The van der Waals surface area contributed by atoms with Gasteiger partial charge in [-0.15, -0.1) is 0 Å². The number of carbonyl (C=O) groups is 1. The van der Waals surface area contributed by atoms with Crippen LogP contribution < -0.4 is 10.2 Å². The summed E-state index contributed by atoms with van der Waals surface area (Å²) in [5, 5.41) is 14.1. The molecule has 0 saturated carbocycles. The molecule has 148 valence electrons. The van der Waals surface area contributed by atoms with E-state index in [2.05, 4.69) is 34.5 Å². The van der Waals surface area contributed by atoms with Crippen molar-refractivity contribution in [1.29, 1.82) is 0 Å². The summed E-state index contributed by atoms with van der Waals surface area (Å²) < 4.78 is 0. The van der Waals surface area contributed by atoms with Gasteiger partial charge in [-0.2, -0.15) is 0 Å². The summed E-state index contributed by atoms with van der Waals surface area (Å²) >= 11 is 5.87. The SMILES string of the molecule is O=C(NCCCc1ccc(N2CCCCC2)cc1)c1cc(Cl)ccc1[N+](=O)[O-]. The Hall–Kier alpha value is -2.60. The van der Waals surface area contributed by atoms with Crippen LogP contribution >= 0.6 is 11.6 Å². The number of hydrogen-bond acceptors (Lipinski definition) is 4. The van der Waals surface area contributed by atoms with Gasteiger partial charge >= 0.3 is 0 Å². The summed E-state index contributed by atoms with van der Waals surface area (Å²) in [4.78, 5) is 25.2. The van der Waals surface area contributed by atoms with Crippen molar-refractivity contribution >= 4 is 28.9 Å². The van der Waals surface area contributed by atoms with Crippen molar-refractivity contribution in [3.05, 3.63) is 68.7 Å². The number of amides is 1. The third-order valence-electron chi connectivity index (χ3n) is 4.99. The predicted octanol–water partition coefficient (Wildman–Crippen LogP) is 4.60. The fourth-order valence-electron chi connectivity index (χ4n) is 3.46. The van der Waals surface area contributed by atoms with Crippen molar-refractivity contribution in [2.45, 2.75) is 32.1 Å². The first-order valence-electron chi connectivity index (χ1n) is 9.60. The third kappa shape index (κ3) is 5.23. The Bertz CT molecular complexity index is 833. The van der Waals surface area contributed by atoms with Crippen LogP contribution in [0.3, 0.4) is 0 Å². The summed E-state index contributed by atoms with van der Waals surface area (Å²) in [5.41, 5.74) is 2.23. The van der Waals surface area contributed by atoms with Crippen LogP contribution in [0.4, 0.5) is 11.4 Å². The first-order chi connectivity index (χ1) is 13.5. The zero-order valence-corrected chi connectivity index (χ0v) is 16.5. The second-order valence-electron chi connectivity index (χ2n) is 6.99. The zero-order valence-electron chi connectivity index (χ0n) is 15.7. The van der Waals surface area contributed by atoms with Crippen LogP contribution in [0.2, 0.25) is 5.02 Å². The minimum absolute atomic E-state index is 0.0108. The fraction of sp³-hybridized carbons (Fsp3) is 0.381. The van der Waals surface area contributed by atoms with E-state index in [1.54, 1.807) is 0 Å². The standard InChI is InChI=1S/C21H24ClN3O3/c22-17-8-11-20(25(27)28)19(15-17)21(26)23-12-4-5-16-6-9-18(10-7-16)24-13-2-1-3-14-24/h6-11,15H,1-5,12-14H2,(H,23,26). The minimum Gasteiger partial charge on any atom is -0.372 e. The first kappa shape index (κ1) is 20.1. The lowest BCUT2D eigenvalue weighted by atomic mass is 10.1. The van der Waals surface area contributed by atoms with E-state index >= 15 is 0 Å². The molecule has 1 fully saturated rings. The number of nitro groups is 1. The normalized spacial score (nSPS) is 14.0. The van der Waals surface area contributed by atoms with E-state index in [1.165, 1.54) is 48.7 Å². The molecule has 1 heterocycles. The van der Waals surface area contributed by atoms with Crippen molar-refractivity contribution in [1.82, 2.24) is 5.32 Å². The van der Waals surface area contributed by atoms with Gasteiger partial charge in [0, 0.05) is 36.4 Å². The second-order valence-corrected chi connectivity index (χ2v) is 7.43. The highest BCUT2D eigenvalue weighted by Crippen LogP contribution is 2.23. The van der Waals surface area contributed by atoms with Gasteiger partial charge in [0.15, 0.2) is 0 Å². The molecule has 1 saturated heterocycles. The Morgan fingerprint density at radius 2 is 1.82 bits per heavy atom. The summed E-state index contributed by atoms with van der Waals surface area (Å²) in [5.74, 6) is -0.477. The number of rotatable bonds is 7. The minimum atomic E-state index is -0.574. The quantitative estimate of drug-likeness (QED) is 0.418. The molecule has 2 aromatic rings. The van der Waals surface area contributed by atoms with Gasteiger partial charge in [-0.3, -0.25) is 14.9 Å². The van der Waals surface area contributed by atoms with Crippen molar-refractivity contribution in [3.63, 3.8) is 0 Å². The van der Waals surface area contributed by atoms with Crippen LogP contribution in [0.1, 0.15) is 41.6 Å². The van der Waals surface area contributed by atoms with Gasteiger partial charge in [0.25, 0.3) is 11.6 Å². The molecule has 0 radical (unpaired) electrons. The average Bonchev–Trinajstić information content (AvgIpc) is 2.72. The maximum Gasteiger partial charge on any atom is 0.282 e. The Labute approximate surface area is 169 Å². The lowest BCUT2D eigenvalue weighted by Crippen LogP contribution is -2.29. The van der Waals surface area contributed by atoms with Gasteiger partial charge < -0.3 is 10.2 Å². The molecule has 0 aromatic heterocycles. The lowest BCUT2D eigenvalue weighted by Gasteiger charge is -2.28. The lowest BCUT2D eigenvalue weighted by molar-refractivity contribution is -0.385. The number of hydrogen-bond donors (Lipinski definition) is 1. The van der Waals surface area contributed by atoms with Crippen LogP contribution in [0.15, 0.2) is 42.5 Å². The number of nitrogens with one attached hydrogen (secondary N) is 1.